The summed E-state index contributed by atoms with van der Waals surface area (Å²) in [5.74, 6) is -1.31. The van der Waals surface area contributed by atoms with E-state index in [2.05, 4.69) is 4.74 Å². The molecular formula is C13H14FNO3. The van der Waals surface area contributed by atoms with Gasteiger partial charge in [0.15, 0.2) is 0 Å². The second kappa shape index (κ2) is 6.54. The highest BCUT2D eigenvalue weighted by Gasteiger charge is 2.10. The van der Waals surface area contributed by atoms with Crippen LogP contribution in [-0.2, 0) is 14.3 Å². The summed E-state index contributed by atoms with van der Waals surface area (Å²) in [6.07, 6.45) is 2.58. The van der Waals surface area contributed by atoms with Crippen molar-refractivity contribution < 1.29 is 18.7 Å². The van der Waals surface area contributed by atoms with E-state index in [0.717, 1.165) is 0 Å². The summed E-state index contributed by atoms with van der Waals surface area (Å²) in [6.45, 7) is -0.142. The second-order valence-corrected chi connectivity index (χ2v) is 3.63. The number of carbonyl (C=O) groups is 2. The average Bonchev–Trinajstić information content (AvgIpc) is 2.37. The Labute approximate surface area is 105 Å². The number of methoxy groups -OCH3 is 1. The smallest absolute Gasteiger partial charge is 0.325 e. The standard InChI is InChI=1S/C13H14FNO3/c1-15(9-13(17)18-2)12(16)8-7-10-5-3-4-6-11(10)14/h3-8H,9H2,1-2H3/b8-7+. The molecule has 0 fully saturated rings. The fourth-order valence-electron chi connectivity index (χ4n) is 1.23. The fourth-order valence-corrected chi connectivity index (χ4v) is 1.23. The van der Waals surface area contributed by atoms with Crippen molar-refractivity contribution in [3.63, 3.8) is 0 Å². The zero-order valence-corrected chi connectivity index (χ0v) is 10.2. The van der Waals surface area contributed by atoms with Gasteiger partial charge in [-0.1, -0.05) is 18.2 Å². The number of halogens is 1. The lowest BCUT2D eigenvalue weighted by molar-refractivity contribution is -0.144. The Morgan fingerprint density at radius 2 is 2.06 bits per heavy atom. The molecule has 1 amide bonds. The third-order valence-corrected chi connectivity index (χ3v) is 2.28. The minimum Gasteiger partial charge on any atom is -0.468 e. The van der Waals surface area contributed by atoms with Gasteiger partial charge in [0.1, 0.15) is 12.4 Å². The maximum atomic E-state index is 13.3. The molecule has 0 aliphatic carbocycles. The van der Waals surface area contributed by atoms with E-state index in [4.69, 9.17) is 0 Å². The van der Waals surface area contributed by atoms with Crippen molar-refractivity contribution in [2.45, 2.75) is 0 Å². The number of hydrogen-bond acceptors (Lipinski definition) is 3. The molecule has 0 aromatic heterocycles. The van der Waals surface area contributed by atoms with E-state index in [1.165, 1.54) is 37.3 Å². The molecule has 4 nitrogen and oxygen atoms in total. The molecule has 0 unspecified atom stereocenters. The van der Waals surface area contributed by atoms with Gasteiger partial charge in [0, 0.05) is 18.7 Å². The van der Waals surface area contributed by atoms with Crippen molar-refractivity contribution >= 4 is 18.0 Å². The summed E-state index contributed by atoms with van der Waals surface area (Å²) >= 11 is 0. The van der Waals surface area contributed by atoms with Crippen LogP contribution in [0.1, 0.15) is 5.56 Å². The molecule has 0 atom stereocenters. The molecule has 5 heteroatoms. The highest BCUT2D eigenvalue weighted by Crippen LogP contribution is 2.08. The predicted octanol–water partition coefficient (Wildman–Crippen LogP) is 1.47. The molecule has 1 rings (SSSR count). The Kier molecular flexibility index (Phi) is 5.05. The third-order valence-electron chi connectivity index (χ3n) is 2.28. The molecule has 96 valence electrons. The lowest BCUT2D eigenvalue weighted by atomic mass is 10.2. The van der Waals surface area contributed by atoms with E-state index in [0.29, 0.717) is 5.56 Å². The summed E-state index contributed by atoms with van der Waals surface area (Å²) in [5.41, 5.74) is 0.317. The van der Waals surface area contributed by atoms with Crippen LogP contribution >= 0.6 is 0 Å². The SMILES string of the molecule is COC(=O)CN(C)C(=O)/C=C/c1ccccc1F. The van der Waals surface area contributed by atoms with Gasteiger partial charge in [0.05, 0.1) is 7.11 Å². The lowest BCUT2D eigenvalue weighted by Gasteiger charge is -2.12. The molecule has 0 spiro atoms. The molecule has 1 aromatic carbocycles. The van der Waals surface area contributed by atoms with Crippen LogP contribution in [0.25, 0.3) is 6.08 Å². The van der Waals surface area contributed by atoms with Crippen molar-refractivity contribution in [3.05, 3.63) is 41.7 Å². The first-order chi connectivity index (χ1) is 8.54. The Morgan fingerprint density at radius 1 is 1.39 bits per heavy atom. The van der Waals surface area contributed by atoms with Gasteiger partial charge in [-0.25, -0.2) is 4.39 Å². The molecule has 0 aliphatic heterocycles. The van der Waals surface area contributed by atoms with Gasteiger partial charge < -0.3 is 9.64 Å². The minimum absolute atomic E-state index is 0.142. The number of ether oxygens (including phenoxy) is 1. The molecule has 0 bridgehead atoms. The van der Waals surface area contributed by atoms with Crippen LogP contribution in [0.4, 0.5) is 4.39 Å². The van der Waals surface area contributed by atoms with Crippen LogP contribution in [0.2, 0.25) is 0 Å². The van der Waals surface area contributed by atoms with E-state index in [-0.39, 0.29) is 6.54 Å². The van der Waals surface area contributed by atoms with Gasteiger partial charge in [-0.2, -0.15) is 0 Å². The zero-order chi connectivity index (χ0) is 13.5. The lowest BCUT2D eigenvalue weighted by Crippen LogP contribution is -2.31. The number of rotatable bonds is 4. The minimum atomic E-state index is -0.509. The summed E-state index contributed by atoms with van der Waals surface area (Å²) in [4.78, 5) is 23.7. The number of carbonyl (C=O) groups excluding carboxylic acids is 2. The highest BCUT2D eigenvalue weighted by atomic mass is 19.1. The quantitative estimate of drug-likeness (QED) is 0.601. The van der Waals surface area contributed by atoms with Crippen LogP contribution in [0.15, 0.2) is 30.3 Å². The molecule has 0 aliphatic rings. The normalized spacial score (nSPS) is 10.4. The number of benzene rings is 1. The van der Waals surface area contributed by atoms with Crippen molar-refractivity contribution in [3.8, 4) is 0 Å². The summed E-state index contributed by atoms with van der Waals surface area (Å²) < 4.78 is 17.7. The van der Waals surface area contributed by atoms with Gasteiger partial charge in [-0.15, -0.1) is 0 Å². The first kappa shape index (κ1) is 13.9. The van der Waals surface area contributed by atoms with Crippen molar-refractivity contribution in [2.75, 3.05) is 20.7 Å². The number of likely N-dealkylation sites (N-methyl/N-ethyl adjacent to an activating group) is 1. The molecule has 18 heavy (non-hydrogen) atoms. The molecule has 0 radical (unpaired) electrons. The van der Waals surface area contributed by atoms with Gasteiger partial charge in [0.2, 0.25) is 5.91 Å². The van der Waals surface area contributed by atoms with Gasteiger partial charge in [0.25, 0.3) is 0 Å². The largest absolute Gasteiger partial charge is 0.468 e. The number of hydrogen-bond donors (Lipinski definition) is 0. The van der Waals surface area contributed by atoms with Crippen LogP contribution < -0.4 is 0 Å². The van der Waals surface area contributed by atoms with Crippen molar-refractivity contribution in [1.29, 1.82) is 0 Å². The van der Waals surface area contributed by atoms with E-state index < -0.39 is 17.7 Å². The highest BCUT2D eigenvalue weighted by molar-refractivity contribution is 5.93. The monoisotopic (exact) mass is 251 g/mol. The van der Waals surface area contributed by atoms with Crippen LogP contribution in [0, 0.1) is 5.82 Å². The Balaban J connectivity index is 2.65. The molecule has 0 heterocycles. The van der Waals surface area contributed by atoms with Gasteiger partial charge in [-0.3, -0.25) is 9.59 Å². The number of amides is 1. The van der Waals surface area contributed by atoms with Gasteiger partial charge in [-0.05, 0) is 12.1 Å². The zero-order valence-electron chi connectivity index (χ0n) is 10.2. The first-order valence-electron chi connectivity index (χ1n) is 5.29. The van der Waals surface area contributed by atoms with E-state index in [1.807, 2.05) is 0 Å². The first-order valence-corrected chi connectivity index (χ1v) is 5.29. The summed E-state index contributed by atoms with van der Waals surface area (Å²) in [5, 5.41) is 0. The van der Waals surface area contributed by atoms with E-state index >= 15 is 0 Å². The number of esters is 1. The average molecular weight is 251 g/mol. The Bertz CT molecular complexity index is 471. The summed E-state index contributed by atoms with van der Waals surface area (Å²) in [6, 6.07) is 6.10. The van der Waals surface area contributed by atoms with Crippen LogP contribution in [0.5, 0.6) is 0 Å². The topological polar surface area (TPSA) is 46.6 Å². The molecule has 0 saturated heterocycles. The predicted molar refractivity (Wildman–Crippen MR) is 65.1 cm³/mol. The van der Waals surface area contributed by atoms with E-state index in [1.54, 1.807) is 18.2 Å². The maximum Gasteiger partial charge on any atom is 0.325 e. The van der Waals surface area contributed by atoms with E-state index in [9.17, 15) is 14.0 Å². The molecular weight excluding hydrogens is 237 g/mol. The number of nitrogens with zero attached hydrogens (tertiary/aromatic N) is 1. The Morgan fingerprint density at radius 3 is 2.67 bits per heavy atom. The summed E-state index contributed by atoms with van der Waals surface area (Å²) in [7, 11) is 2.71. The molecule has 0 saturated carbocycles. The maximum absolute atomic E-state index is 13.3. The van der Waals surface area contributed by atoms with Crippen molar-refractivity contribution in [1.82, 2.24) is 4.90 Å². The van der Waals surface area contributed by atoms with Crippen molar-refractivity contribution in [2.24, 2.45) is 0 Å². The van der Waals surface area contributed by atoms with Crippen LogP contribution in [0.3, 0.4) is 0 Å². The Hall–Kier alpha value is -2.17. The molecule has 1 aromatic rings. The second-order valence-electron chi connectivity index (χ2n) is 3.63. The van der Waals surface area contributed by atoms with Crippen LogP contribution in [-0.4, -0.2) is 37.5 Å². The molecule has 0 N–H and O–H groups in total. The van der Waals surface area contributed by atoms with Gasteiger partial charge >= 0.3 is 5.97 Å². The third kappa shape index (κ3) is 4.01. The fraction of sp³-hybridized carbons (Fsp3) is 0.231.